The Morgan fingerprint density at radius 3 is 2.21 bits per heavy atom. The Bertz CT molecular complexity index is 1440. The van der Waals surface area contributed by atoms with Crippen molar-refractivity contribution in [1.29, 1.82) is 0 Å². The lowest BCUT2D eigenvalue weighted by molar-refractivity contribution is -0.140. The first-order valence-corrected chi connectivity index (χ1v) is 16.1. The molecule has 0 spiro atoms. The Balaban J connectivity index is 2.01. The highest BCUT2D eigenvalue weighted by Gasteiger charge is 2.33. The number of carbonyl (C=O) groups excluding carboxylic acids is 2. The third-order valence-corrected chi connectivity index (χ3v) is 9.13. The molecule has 3 aromatic carbocycles. The number of carbonyl (C=O) groups is 2. The second-order valence-corrected chi connectivity index (χ2v) is 12.3. The van der Waals surface area contributed by atoms with Crippen LogP contribution in [-0.2, 0) is 26.2 Å². The van der Waals surface area contributed by atoms with E-state index in [0.29, 0.717) is 46.6 Å². The molecule has 42 heavy (non-hydrogen) atoms. The summed E-state index contributed by atoms with van der Waals surface area (Å²) in [7, 11) is -4.18. The molecule has 0 bridgehead atoms. The van der Waals surface area contributed by atoms with Gasteiger partial charge in [0.2, 0.25) is 11.8 Å². The minimum absolute atomic E-state index is 0.00277. The molecule has 0 unspecified atom stereocenters. The molecule has 1 N–H and O–H groups in total. The van der Waals surface area contributed by atoms with E-state index in [9.17, 15) is 18.0 Å². The predicted molar refractivity (Wildman–Crippen MR) is 168 cm³/mol. The van der Waals surface area contributed by atoms with Gasteiger partial charge < -0.3 is 15.0 Å². The van der Waals surface area contributed by atoms with Gasteiger partial charge in [0.05, 0.1) is 27.2 Å². The summed E-state index contributed by atoms with van der Waals surface area (Å²) in [6, 6.07) is 18.6. The molecule has 0 aromatic heterocycles. The average molecular weight is 635 g/mol. The van der Waals surface area contributed by atoms with E-state index in [2.05, 4.69) is 5.32 Å². The molecule has 8 nitrogen and oxygen atoms in total. The van der Waals surface area contributed by atoms with Crippen LogP contribution in [0.3, 0.4) is 0 Å². The summed E-state index contributed by atoms with van der Waals surface area (Å²) in [5.41, 5.74) is 0.966. The van der Waals surface area contributed by atoms with E-state index in [1.807, 2.05) is 20.8 Å². The molecule has 11 heteroatoms. The van der Waals surface area contributed by atoms with Gasteiger partial charge in [0.1, 0.15) is 18.3 Å². The quantitative estimate of drug-likeness (QED) is 0.198. The number of benzene rings is 3. The zero-order valence-corrected chi connectivity index (χ0v) is 26.4. The summed E-state index contributed by atoms with van der Waals surface area (Å²) in [6.45, 7) is 6.09. The summed E-state index contributed by atoms with van der Waals surface area (Å²) in [6.07, 6.45) is 2.02. The molecule has 0 saturated carbocycles. The molecular formula is C31H37Cl2N3O5S. The van der Waals surface area contributed by atoms with Gasteiger partial charge >= 0.3 is 0 Å². The highest BCUT2D eigenvalue weighted by atomic mass is 35.5. The predicted octanol–water partition coefficient (Wildman–Crippen LogP) is 6.31. The highest BCUT2D eigenvalue weighted by molar-refractivity contribution is 7.92. The van der Waals surface area contributed by atoms with Gasteiger partial charge in [-0.2, -0.15) is 0 Å². The monoisotopic (exact) mass is 633 g/mol. The zero-order chi connectivity index (χ0) is 30.7. The number of ether oxygens (including phenoxy) is 1. The second kappa shape index (κ2) is 15.8. The minimum atomic E-state index is -4.18. The van der Waals surface area contributed by atoms with Gasteiger partial charge in [-0.05, 0) is 73.9 Å². The van der Waals surface area contributed by atoms with E-state index < -0.39 is 28.5 Å². The van der Waals surface area contributed by atoms with Crippen molar-refractivity contribution in [3.8, 4) is 5.75 Å². The highest BCUT2D eigenvalue weighted by Crippen LogP contribution is 2.27. The number of sulfonamides is 1. The maximum Gasteiger partial charge on any atom is 0.264 e. The fraction of sp³-hybridized carbons (Fsp3) is 0.355. The van der Waals surface area contributed by atoms with Crippen molar-refractivity contribution in [2.45, 2.75) is 57.5 Å². The van der Waals surface area contributed by atoms with Gasteiger partial charge in [-0.3, -0.25) is 13.9 Å². The number of amides is 2. The number of anilines is 1. The maximum atomic E-state index is 14.1. The lowest BCUT2D eigenvalue weighted by Gasteiger charge is -2.33. The Morgan fingerprint density at radius 2 is 1.62 bits per heavy atom. The molecule has 0 heterocycles. The van der Waals surface area contributed by atoms with Crippen LogP contribution in [0, 0.1) is 0 Å². The Kier molecular flexibility index (Phi) is 12.5. The Labute approximate surface area is 258 Å². The van der Waals surface area contributed by atoms with E-state index in [0.717, 1.165) is 17.1 Å². The third kappa shape index (κ3) is 8.63. The number of rotatable bonds is 15. The fourth-order valence-electron chi connectivity index (χ4n) is 4.39. The number of hydrogen-bond donors (Lipinski definition) is 1. The summed E-state index contributed by atoms with van der Waals surface area (Å²) in [4.78, 5) is 28.8. The third-order valence-electron chi connectivity index (χ3n) is 6.60. The summed E-state index contributed by atoms with van der Waals surface area (Å²) in [5, 5.41) is 3.58. The van der Waals surface area contributed by atoms with E-state index in [4.69, 9.17) is 27.9 Å². The van der Waals surface area contributed by atoms with Crippen molar-refractivity contribution in [2.75, 3.05) is 24.0 Å². The normalized spacial score (nSPS) is 11.9. The van der Waals surface area contributed by atoms with Crippen LogP contribution in [0.4, 0.5) is 5.69 Å². The minimum Gasteiger partial charge on any atom is -0.494 e. The van der Waals surface area contributed by atoms with Crippen molar-refractivity contribution in [1.82, 2.24) is 10.2 Å². The van der Waals surface area contributed by atoms with E-state index >= 15 is 0 Å². The van der Waals surface area contributed by atoms with E-state index in [1.165, 1.54) is 17.0 Å². The van der Waals surface area contributed by atoms with Gasteiger partial charge in [-0.15, -0.1) is 0 Å². The molecule has 0 fully saturated rings. The molecule has 0 aliphatic carbocycles. The SMILES string of the molecule is CCCCNC(=O)[C@H](CC)N(Cc1ccc(Cl)c(Cl)c1)C(=O)CN(c1ccccc1)S(=O)(=O)c1ccc(OCC)cc1. The lowest BCUT2D eigenvalue weighted by atomic mass is 10.1. The molecule has 226 valence electrons. The van der Waals surface area contributed by atoms with Crippen LogP contribution in [0.1, 0.15) is 45.6 Å². The van der Waals surface area contributed by atoms with Crippen LogP contribution in [0.5, 0.6) is 5.75 Å². The van der Waals surface area contributed by atoms with Crippen molar-refractivity contribution < 1.29 is 22.7 Å². The van der Waals surface area contributed by atoms with E-state index in [-0.39, 0.29) is 17.3 Å². The van der Waals surface area contributed by atoms with Gasteiger partial charge in [0.25, 0.3) is 10.0 Å². The molecule has 3 rings (SSSR count). The van der Waals surface area contributed by atoms with Crippen LogP contribution in [0.25, 0.3) is 0 Å². The zero-order valence-electron chi connectivity index (χ0n) is 24.1. The summed E-state index contributed by atoms with van der Waals surface area (Å²) < 4.78 is 34.4. The van der Waals surface area contributed by atoms with Crippen LogP contribution < -0.4 is 14.4 Å². The number of hydrogen-bond acceptors (Lipinski definition) is 5. The van der Waals surface area contributed by atoms with Crippen LogP contribution in [-0.4, -0.2) is 50.9 Å². The average Bonchev–Trinajstić information content (AvgIpc) is 2.98. The van der Waals surface area contributed by atoms with Crippen LogP contribution in [0.2, 0.25) is 10.0 Å². The van der Waals surface area contributed by atoms with Gasteiger partial charge in [0, 0.05) is 13.1 Å². The number of nitrogens with one attached hydrogen (secondary N) is 1. The molecule has 2 amide bonds. The van der Waals surface area contributed by atoms with Crippen molar-refractivity contribution in [2.24, 2.45) is 0 Å². The molecular weight excluding hydrogens is 597 g/mol. The molecule has 0 aliphatic heterocycles. The first-order chi connectivity index (χ1) is 20.1. The number of halogens is 2. The van der Waals surface area contributed by atoms with E-state index in [1.54, 1.807) is 60.7 Å². The fourth-order valence-corrected chi connectivity index (χ4v) is 6.12. The summed E-state index contributed by atoms with van der Waals surface area (Å²) in [5.74, 6) is -0.316. The van der Waals surface area contributed by atoms with Gasteiger partial charge in [-0.1, -0.05) is 67.7 Å². The molecule has 0 radical (unpaired) electrons. The molecule has 3 aromatic rings. The smallest absolute Gasteiger partial charge is 0.264 e. The molecule has 0 aliphatic rings. The largest absolute Gasteiger partial charge is 0.494 e. The van der Waals surface area contributed by atoms with Crippen molar-refractivity contribution in [3.63, 3.8) is 0 Å². The van der Waals surface area contributed by atoms with Gasteiger partial charge in [-0.25, -0.2) is 8.42 Å². The number of para-hydroxylation sites is 1. The topological polar surface area (TPSA) is 96.0 Å². The molecule has 1 atom stereocenters. The molecule has 0 saturated heterocycles. The first-order valence-electron chi connectivity index (χ1n) is 13.9. The standard InChI is InChI=1S/C31H37Cl2N3O5S/c1-4-7-19-34-31(38)29(5-2)35(21-23-13-18-27(32)28(33)20-23)30(37)22-36(24-11-9-8-10-12-24)42(39,40)26-16-14-25(15-17-26)41-6-3/h8-18,20,29H,4-7,19,21-22H2,1-3H3,(H,34,38)/t29-/m0/s1. The Morgan fingerprint density at radius 1 is 0.929 bits per heavy atom. The second-order valence-electron chi connectivity index (χ2n) is 9.59. The lowest BCUT2D eigenvalue weighted by Crippen LogP contribution is -2.52. The first kappa shape index (κ1) is 33.2. The van der Waals surface area contributed by atoms with Crippen molar-refractivity contribution >= 4 is 50.7 Å². The van der Waals surface area contributed by atoms with Crippen molar-refractivity contribution in [3.05, 3.63) is 88.4 Å². The Hall–Kier alpha value is -3.27. The van der Waals surface area contributed by atoms with Gasteiger partial charge in [0.15, 0.2) is 0 Å². The van der Waals surface area contributed by atoms with Crippen LogP contribution >= 0.6 is 23.2 Å². The van der Waals surface area contributed by atoms with Crippen LogP contribution in [0.15, 0.2) is 77.7 Å². The maximum absolute atomic E-state index is 14.1. The number of unbranched alkanes of at least 4 members (excludes halogenated alkanes) is 1. The number of nitrogens with zero attached hydrogens (tertiary/aromatic N) is 2. The summed E-state index contributed by atoms with van der Waals surface area (Å²) >= 11 is 12.4.